The van der Waals surface area contributed by atoms with Crippen molar-refractivity contribution in [1.82, 2.24) is 9.97 Å². The van der Waals surface area contributed by atoms with Crippen molar-refractivity contribution in [3.63, 3.8) is 0 Å². The Morgan fingerprint density at radius 2 is 1.69 bits per heavy atom. The van der Waals surface area contributed by atoms with E-state index in [0.717, 1.165) is 28.1 Å². The van der Waals surface area contributed by atoms with Gasteiger partial charge < -0.3 is 10.3 Å². The summed E-state index contributed by atoms with van der Waals surface area (Å²) < 4.78 is 13.1. The molecule has 4 nitrogen and oxygen atoms in total. The number of para-hydroxylation sites is 1. The van der Waals surface area contributed by atoms with E-state index in [0.29, 0.717) is 17.0 Å². The first-order valence-corrected chi connectivity index (χ1v) is 10.7. The number of amides is 1. The van der Waals surface area contributed by atoms with Gasteiger partial charge in [-0.3, -0.25) is 4.79 Å². The zero-order valence-corrected chi connectivity index (χ0v) is 17.9. The van der Waals surface area contributed by atoms with Gasteiger partial charge in [-0.1, -0.05) is 57.7 Å². The number of carbonyl (C=O) groups is 1. The molecule has 0 fully saturated rings. The number of imidazole rings is 1. The molecule has 2 aromatic carbocycles. The van der Waals surface area contributed by atoms with E-state index >= 15 is 0 Å². The fraction of sp³-hybridized carbons (Fsp3) is 0.304. The summed E-state index contributed by atoms with van der Waals surface area (Å²) in [6.07, 6.45) is 1.69. The molecule has 3 aromatic rings. The third-order valence-corrected chi connectivity index (χ3v) is 5.57. The molecule has 0 spiro atoms. The molecule has 0 aliphatic heterocycles. The van der Waals surface area contributed by atoms with Crippen LogP contribution in [-0.2, 0) is 4.79 Å². The van der Waals surface area contributed by atoms with Crippen molar-refractivity contribution >= 4 is 23.4 Å². The second-order valence-corrected chi connectivity index (χ2v) is 8.53. The fourth-order valence-electron chi connectivity index (χ4n) is 3.16. The first-order valence-electron chi connectivity index (χ1n) is 9.71. The Balaban J connectivity index is 1.67. The molecule has 1 amide bonds. The second kappa shape index (κ2) is 9.27. The Morgan fingerprint density at radius 3 is 2.28 bits per heavy atom. The van der Waals surface area contributed by atoms with Crippen LogP contribution in [0.2, 0.25) is 0 Å². The number of aromatic nitrogens is 2. The maximum absolute atomic E-state index is 13.1. The zero-order chi connectivity index (χ0) is 21.0. The summed E-state index contributed by atoms with van der Waals surface area (Å²) in [4.78, 5) is 20.1. The molecule has 0 unspecified atom stereocenters. The summed E-state index contributed by atoms with van der Waals surface area (Å²) in [6, 6.07) is 12.4. The SMILES string of the molecule is CC(C)c1cccc(C(C)C)c1NC(=O)CSc1ncc(-c2ccc(F)cc2)[nH]1. The van der Waals surface area contributed by atoms with Gasteiger partial charge in [0.1, 0.15) is 5.82 Å². The van der Waals surface area contributed by atoms with Crippen LogP contribution >= 0.6 is 11.8 Å². The number of H-pyrrole nitrogens is 1. The van der Waals surface area contributed by atoms with Crippen molar-refractivity contribution < 1.29 is 9.18 Å². The monoisotopic (exact) mass is 411 g/mol. The molecule has 152 valence electrons. The number of hydrogen-bond donors (Lipinski definition) is 2. The minimum absolute atomic E-state index is 0.0651. The van der Waals surface area contributed by atoms with Crippen LogP contribution in [0.15, 0.2) is 53.8 Å². The van der Waals surface area contributed by atoms with Crippen molar-refractivity contribution in [2.24, 2.45) is 0 Å². The summed E-state index contributed by atoms with van der Waals surface area (Å²) in [7, 11) is 0. The molecule has 3 rings (SSSR count). The van der Waals surface area contributed by atoms with Gasteiger partial charge in [-0.05, 0) is 52.8 Å². The summed E-state index contributed by atoms with van der Waals surface area (Å²) in [5.74, 6) is 0.548. The summed E-state index contributed by atoms with van der Waals surface area (Å²) in [6.45, 7) is 8.51. The lowest BCUT2D eigenvalue weighted by atomic mass is 9.92. The molecule has 6 heteroatoms. The third-order valence-electron chi connectivity index (χ3n) is 4.69. The molecular formula is C23H26FN3OS. The highest BCUT2D eigenvalue weighted by molar-refractivity contribution is 7.99. The molecule has 29 heavy (non-hydrogen) atoms. The summed E-state index contributed by atoms with van der Waals surface area (Å²) >= 11 is 1.34. The van der Waals surface area contributed by atoms with Gasteiger partial charge >= 0.3 is 0 Å². The maximum atomic E-state index is 13.1. The highest BCUT2D eigenvalue weighted by Crippen LogP contribution is 2.32. The number of thioether (sulfide) groups is 1. The van der Waals surface area contributed by atoms with Crippen LogP contribution in [0.1, 0.15) is 50.7 Å². The lowest BCUT2D eigenvalue weighted by Crippen LogP contribution is -2.17. The molecule has 0 bridgehead atoms. The topological polar surface area (TPSA) is 57.8 Å². The first kappa shape index (κ1) is 21.1. The standard InChI is InChI=1S/C23H26FN3OS/c1-14(2)18-6-5-7-19(15(3)4)22(18)27-21(28)13-29-23-25-12-20(26-23)16-8-10-17(24)11-9-16/h5-12,14-15H,13H2,1-4H3,(H,25,26)(H,27,28). The van der Waals surface area contributed by atoms with Crippen LogP contribution in [0.5, 0.6) is 0 Å². The molecule has 0 aliphatic rings. The van der Waals surface area contributed by atoms with Crippen LogP contribution in [0.25, 0.3) is 11.3 Å². The lowest BCUT2D eigenvalue weighted by Gasteiger charge is -2.20. The van der Waals surface area contributed by atoms with E-state index in [1.165, 1.54) is 23.9 Å². The molecule has 1 aromatic heterocycles. The second-order valence-electron chi connectivity index (χ2n) is 7.57. The zero-order valence-electron chi connectivity index (χ0n) is 17.1. The number of halogens is 1. The van der Waals surface area contributed by atoms with E-state index in [4.69, 9.17) is 0 Å². The average Bonchev–Trinajstić information content (AvgIpc) is 3.15. The molecule has 1 heterocycles. The molecule has 0 saturated carbocycles. The highest BCUT2D eigenvalue weighted by atomic mass is 32.2. The van der Waals surface area contributed by atoms with E-state index in [-0.39, 0.29) is 17.5 Å². The van der Waals surface area contributed by atoms with Crippen LogP contribution in [0.4, 0.5) is 10.1 Å². The van der Waals surface area contributed by atoms with E-state index in [1.807, 2.05) is 0 Å². The summed E-state index contributed by atoms with van der Waals surface area (Å²) in [5, 5.41) is 3.77. The number of carbonyl (C=O) groups excluding carboxylic acids is 1. The highest BCUT2D eigenvalue weighted by Gasteiger charge is 2.16. The van der Waals surface area contributed by atoms with Crippen LogP contribution in [-0.4, -0.2) is 21.6 Å². The Kier molecular flexibility index (Phi) is 6.75. The van der Waals surface area contributed by atoms with Crippen LogP contribution in [0.3, 0.4) is 0 Å². The van der Waals surface area contributed by atoms with Gasteiger partial charge in [0.15, 0.2) is 5.16 Å². The number of rotatable bonds is 7. The molecule has 0 radical (unpaired) electrons. The van der Waals surface area contributed by atoms with Gasteiger partial charge in [-0.25, -0.2) is 9.37 Å². The third kappa shape index (κ3) is 5.26. The summed E-state index contributed by atoms with van der Waals surface area (Å²) in [5.41, 5.74) is 4.86. The van der Waals surface area contributed by atoms with E-state index in [2.05, 4.69) is 61.2 Å². The van der Waals surface area contributed by atoms with E-state index in [1.54, 1.807) is 18.3 Å². The quantitative estimate of drug-likeness (QED) is 0.456. The largest absolute Gasteiger partial charge is 0.333 e. The number of aromatic amines is 1. The minimum atomic E-state index is -0.276. The molecule has 0 saturated heterocycles. The Bertz CT molecular complexity index is 954. The van der Waals surface area contributed by atoms with Crippen molar-refractivity contribution in [3.8, 4) is 11.3 Å². The maximum Gasteiger partial charge on any atom is 0.234 e. The predicted molar refractivity (Wildman–Crippen MR) is 118 cm³/mol. The first-order chi connectivity index (χ1) is 13.8. The number of nitrogens with zero attached hydrogens (tertiary/aromatic N) is 1. The Labute approximate surface area is 175 Å². The van der Waals surface area contributed by atoms with Crippen molar-refractivity contribution in [2.45, 2.75) is 44.7 Å². The smallest absolute Gasteiger partial charge is 0.234 e. The predicted octanol–water partition coefficient (Wildman–Crippen LogP) is 6.19. The van der Waals surface area contributed by atoms with E-state index in [9.17, 15) is 9.18 Å². The molecule has 0 aliphatic carbocycles. The lowest BCUT2D eigenvalue weighted by molar-refractivity contribution is -0.113. The number of anilines is 1. The Morgan fingerprint density at radius 1 is 1.07 bits per heavy atom. The van der Waals surface area contributed by atoms with Gasteiger partial charge in [0.2, 0.25) is 5.91 Å². The Hall–Kier alpha value is -2.60. The fourth-order valence-corrected chi connectivity index (χ4v) is 3.81. The van der Waals surface area contributed by atoms with Gasteiger partial charge in [-0.2, -0.15) is 0 Å². The average molecular weight is 412 g/mol. The minimum Gasteiger partial charge on any atom is -0.333 e. The molecular weight excluding hydrogens is 385 g/mol. The normalized spacial score (nSPS) is 11.3. The molecule has 0 atom stereocenters. The van der Waals surface area contributed by atoms with Crippen LogP contribution < -0.4 is 5.32 Å². The number of hydrogen-bond acceptors (Lipinski definition) is 3. The van der Waals surface area contributed by atoms with Gasteiger partial charge in [0.05, 0.1) is 17.6 Å². The van der Waals surface area contributed by atoms with Crippen molar-refractivity contribution in [1.29, 1.82) is 0 Å². The van der Waals surface area contributed by atoms with Gasteiger partial charge in [-0.15, -0.1) is 0 Å². The van der Waals surface area contributed by atoms with Crippen LogP contribution in [0, 0.1) is 5.82 Å². The van der Waals surface area contributed by atoms with E-state index < -0.39 is 0 Å². The van der Waals surface area contributed by atoms with Gasteiger partial charge in [0.25, 0.3) is 0 Å². The number of benzene rings is 2. The number of nitrogens with one attached hydrogen (secondary N) is 2. The van der Waals surface area contributed by atoms with Crippen molar-refractivity contribution in [2.75, 3.05) is 11.1 Å². The van der Waals surface area contributed by atoms with Crippen molar-refractivity contribution in [3.05, 3.63) is 65.6 Å². The van der Waals surface area contributed by atoms with Gasteiger partial charge in [0, 0.05) is 5.69 Å². The molecule has 2 N–H and O–H groups in total.